The first-order valence-electron chi connectivity index (χ1n) is 7.03. The van der Waals surface area contributed by atoms with Crippen LogP contribution in [0.4, 0.5) is 5.82 Å². The van der Waals surface area contributed by atoms with Crippen molar-refractivity contribution in [2.75, 3.05) is 18.0 Å². The number of nitrogens with zero attached hydrogens (tertiary/aromatic N) is 4. The lowest BCUT2D eigenvalue weighted by Gasteiger charge is -2.39. The predicted molar refractivity (Wildman–Crippen MR) is 85.4 cm³/mol. The summed E-state index contributed by atoms with van der Waals surface area (Å²) in [6, 6.07) is 12.2. The van der Waals surface area contributed by atoms with Gasteiger partial charge in [0, 0.05) is 5.39 Å². The number of ether oxygens (including phenoxy) is 1. The van der Waals surface area contributed by atoms with Gasteiger partial charge in [-0.1, -0.05) is 29.8 Å². The van der Waals surface area contributed by atoms with Gasteiger partial charge in [-0.05, 0) is 18.2 Å². The minimum Gasteiger partial charge on any atom is -0.469 e. The molecule has 0 saturated carbocycles. The molecule has 22 heavy (non-hydrogen) atoms. The summed E-state index contributed by atoms with van der Waals surface area (Å²) in [5, 5.41) is 1.48. The molecule has 0 spiro atoms. The number of para-hydroxylation sites is 1. The topological polar surface area (TPSA) is 51.1 Å². The maximum atomic E-state index is 5.80. The predicted octanol–water partition coefficient (Wildman–Crippen LogP) is 2.95. The van der Waals surface area contributed by atoms with Crippen molar-refractivity contribution < 1.29 is 4.74 Å². The molecule has 3 aromatic rings. The highest BCUT2D eigenvalue weighted by Gasteiger charge is 2.30. The SMILES string of the molecule is Clc1cncc(OC2CN(c3ccc4ccccc4n3)C2)n1. The summed E-state index contributed by atoms with van der Waals surface area (Å²) in [6.07, 6.45) is 3.14. The third-order valence-corrected chi connectivity index (χ3v) is 3.81. The molecule has 0 N–H and O–H groups in total. The van der Waals surface area contributed by atoms with Gasteiger partial charge in [0.05, 0.1) is 31.0 Å². The molecule has 4 rings (SSSR count). The Balaban J connectivity index is 1.43. The molecule has 5 nitrogen and oxygen atoms in total. The van der Waals surface area contributed by atoms with Gasteiger partial charge in [-0.3, -0.25) is 4.98 Å². The van der Waals surface area contributed by atoms with Gasteiger partial charge in [0.1, 0.15) is 11.9 Å². The van der Waals surface area contributed by atoms with Gasteiger partial charge in [0.15, 0.2) is 5.15 Å². The van der Waals surface area contributed by atoms with Gasteiger partial charge in [-0.15, -0.1) is 0 Å². The summed E-state index contributed by atoms with van der Waals surface area (Å²) in [4.78, 5) is 14.9. The van der Waals surface area contributed by atoms with Crippen LogP contribution < -0.4 is 9.64 Å². The second kappa shape index (κ2) is 5.42. The number of aromatic nitrogens is 3. The Bertz CT molecular complexity index is 820. The molecule has 3 heterocycles. The molecule has 0 aliphatic carbocycles. The quantitative estimate of drug-likeness (QED) is 0.744. The maximum absolute atomic E-state index is 5.80. The van der Waals surface area contributed by atoms with Gasteiger partial charge in [0.25, 0.3) is 0 Å². The first kappa shape index (κ1) is 13.3. The van der Waals surface area contributed by atoms with Crippen molar-refractivity contribution in [2.24, 2.45) is 0 Å². The number of halogens is 1. The smallest absolute Gasteiger partial charge is 0.234 e. The van der Waals surface area contributed by atoms with E-state index in [-0.39, 0.29) is 6.10 Å². The lowest BCUT2D eigenvalue weighted by atomic mass is 10.1. The first-order chi connectivity index (χ1) is 10.8. The van der Waals surface area contributed by atoms with Crippen molar-refractivity contribution in [3.63, 3.8) is 0 Å². The van der Waals surface area contributed by atoms with E-state index in [2.05, 4.69) is 32.0 Å². The van der Waals surface area contributed by atoms with Crippen molar-refractivity contribution >= 4 is 28.3 Å². The van der Waals surface area contributed by atoms with E-state index in [1.807, 2.05) is 24.3 Å². The number of hydrogen-bond donors (Lipinski definition) is 0. The molecule has 0 unspecified atom stereocenters. The summed E-state index contributed by atoms with van der Waals surface area (Å²) >= 11 is 5.80. The Hall–Kier alpha value is -2.40. The number of pyridine rings is 1. The van der Waals surface area contributed by atoms with Gasteiger partial charge >= 0.3 is 0 Å². The summed E-state index contributed by atoms with van der Waals surface area (Å²) < 4.78 is 5.74. The highest BCUT2D eigenvalue weighted by Crippen LogP contribution is 2.24. The second-order valence-corrected chi connectivity index (χ2v) is 5.57. The van der Waals surface area contributed by atoms with Gasteiger partial charge < -0.3 is 9.64 Å². The molecule has 1 saturated heterocycles. The molecule has 1 aromatic carbocycles. The summed E-state index contributed by atoms with van der Waals surface area (Å²) in [6.45, 7) is 1.55. The standard InChI is InChI=1S/C16H13ClN4O/c17-14-7-18-8-16(20-14)22-12-9-21(10-12)15-6-5-11-3-1-2-4-13(11)19-15/h1-8,12H,9-10H2. The zero-order valence-electron chi connectivity index (χ0n) is 11.7. The van der Waals surface area contributed by atoms with E-state index in [1.54, 1.807) is 6.20 Å². The molecule has 1 fully saturated rings. The zero-order chi connectivity index (χ0) is 14.9. The molecule has 110 valence electrons. The third-order valence-electron chi connectivity index (χ3n) is 3.63. The largest absolute Gasteiger partial charge is 0.469 e. The lowest BCUT2D eigenvalue weighted by molar-refractivity contribution is 0.159. The Labute approximate surface area is 132 Å². The van der Waals surface area contributed by atoms with Crippen LogP contribution >= 0.6 is 11.6 Å². The fraction of sp³-hybridized carbons (Fsp3) is 0.188. The van der Waals surface area contributed by atoms with E-state index >= 15 is 0 Å². The number of anilines is 1. The first-order valence-corrected chi connectivity index (χ1v) is 7.41. The van der Waals surface area contributed by atoms with E-state index in [0.717, 1.165) is 29.8 Å². The summed E-state index contributed by atoms with van der Waals surface area (Å²) in [5.74, 6) is 1.43. The van der Waals surface area contributed by atoms with Crippen LogP contribution in [-0.2, 0) is 0 Å². The van der Waals surface area contributed by atoms with Gasteiger partial charge in [-0.2, -0.15) is 4.98 Å². The van der Waals surface area contributed by atoms with Crippen molar-refractivity contribution in [3.8, 4) is 5.88 Å². The van der Waals surface area contributed by atoms with Crippen LogP contribution in [0.25, 0.3) is 10.9 Å². The zero-order valence-corrected chi connectivity index (χ0v) is 12.4. The molecule has 1 aliphatic heterocycles. The fourth-order valence-electron chi connectivity index (χ4n) is 2.48. The Morgan fingerprint density at radius 2 is 1.91 bits per heavy atom. The van der Waals surface area contributed by atoms with Crippen LogP contribution in [0.2, 0.25) is 5.15 Å². The lowest BCUT2D eigenvalue weighted by Crippen LogP contribution is -2.54. The summed E-state index contributed by atoms with van der Waals surface area (Å²) in [7, 11) is 0. The highest BCUT2D eigenvalue weighted by atomic mass is 35.5. The van der Waals surface area contributed by atoms with Crippen molar-refractivity contribution in [2.45, 2.75) is 6.10 Å². The van der Waals surface area contributed by atoms with Crippen LogP contribution in [0, 0.1) is 0 Å². The Kier molecular flexibility index (Phi) is 3.27. The van der Waals surface area contributed by atoms with Crippen LogP contribution in [0.3, 0.4) is 0 Å². The number of hydrogen-bond acceptors (Lipinski definition) is 5. The summed E-state index contributed by atoms with van der Waals surface area (Å²) in [5.41, 5.74) is 1.00. The van der Waals surface area contributed by atoms with Crippen molar-refractivity contribution in [1.82, 2.24) is 15.0 Å². The molecule has 0 amide bonds. The Morgan fingerprint density at radius 1 is 1.05 bits per heavy atom. The monoisotopic (exact) mass is 312 g/mol. The molecular weight excluding hydrogens is 300 g/mol. The van der Waals surface area contributed by atoms with Crippen molar-refractivity contribution in [1.29, 1.82) is 0 Å². The van der Waals surface area contributed by atoms with E-state index in [4.69, 9.17) is 16.3 Å². The number of benzene rings is 1. The Morgan fingerprint density at radius 3 is 2.77 bits per heavy atom. The van der Waals surface area contributed by atoms with Crippen molar-refractivity contribution in [3.05, 3.63) is 53.9 Å². The molecule has 0 radical (unpaired) electrons. The van der Waals surface area contributed by atoms with Crippen LogP contribution in [0.1, 0.15) is 0 Å². The minimum atomic E-state index is 0.0843. The van der Waals surface area contributed by atoms with Gasteiger partial charge in [0.2, 0.25) is 5.88 Å². The van der Waals surface area contributed by atoms with Crippen LogP contribution in [0.15, 0.2) is 48.8 Å². The normalized spacial score (nSPS) is 14.9. The van der Waals surface area contributed by atoms with E-state index in [0.29, 0.717) is 11.0 Å². The van der Waals surface area contributed by atoms with E-state index in [9.17, 15) is 0 Å². The molecular formula is C16H13ClN4O. The molecule has 2 aromatic heterocycles. The van der Waals surface area contributed by atoms with E-state index < -0.39 is 0 Å². The molecule has 1 aliphatic rings. The highest BCUT2D eigenvalue weighted by molar-refractivity contribution is 6.29. The fourth-order valence-corrected chi connectivity index (χ4v) is 2.62. The number of fused-ring (bicyclic) bond motifs is 1. The second-order valence-electron chi connectivity index (χ2n) is 5.19. The van der Waals surface area contributed by atoms with Gasteiger partial charge in [-0.25, -0.2) is 4.98 Å². The molecule has 0 atom stereocenters. The minimum absolute atomic E-state index is 0.0843. The number of rotatable bonds is 3. The molecule has 0 bridgehead atoms. The van der Waals surface area contributed by atoms with E-state index in [1.165, 1.54) is 6.20 Å². The molecule has 6 heteroatoms. The average Bonchev–Trinajstić information content (AvgIpc) is 2.50. The average molecular weight is 313 g/mol. The maximum Gasteiger partial charge on any atom is 0.234 e. The van der Waals surface area contributed by atoms with Crippen LogP contribution in [0.5, 0.6) is 5.88 Å². The third kappa shape index (κ3) is 2.55. The van der Waals surface area contributed by atoms with Crippen LogP contribution in [-0.4, -0.2) is 34.1 Å².